The number of allylic oxidation sites excluding steroid dienone is 11. The van der Waals surface area contributed by atoms with Crippen LogP contribution in [0.2, 0.25) is 0 Å². The summed E-state index contributed by atoms with van der Waals surface area (Å²) in [5.41, 5.74) is 0. The van der Waals surface area contributed by atoms with Gasteiger partial charge in [0.05, 0.1) is 18.8 Å². The molecule has 0 heterocycles. The van der Waals surface area contributed by atoms with E-state index in [0.29, 0.717) is 6.42 Å². The Morgan fingerprint density at radius 1 is 0.301 bits per heavy atom. The van der Waals surface area contributed by atoms with Crippen LogP contribution in [0.25, 0.3) is 0 Å². The molecule has 0 aromatic rings. The van der Waals surface area contributed by atoms with E-state index in [-0.39, 0.29) is 12.5 Å². The Morgan fingerprint density at radius 2 is 0.542 bits per heavy atom. The van der Waals surface area contributed by atoms with Crippen LogP contribution in [0.4, 0.5) is 0 Å². The van der Waals surface area contributed by atoms with E-state index in [2.05, 4.69) is 79.9 Å². The van der Waals surface area contributed by atoms with E-state index in [4.69, 9.17) is 0 Å². The normalized spacial score (nSPS) is 13.1. The van der Waals surface area contributed by atoms with E-state index in [1.54, 1.807) is 6.08 Å². The van der Waals surface area contributed by atoms with Gasteiger partial charge in [0.15, 0.2) is 0 Å². The van der Waals surface area contributed by atoms with Gasteiger partial charge in [0.1, 0.15) is 0 Å². The second-order valence-electron chi connectivity index (χ2n) is 25.7. The summed E-state index contributed by atoms with van der Waals surface area (Å²) in [6.07, 6.45) is 107. The summed E-state index contributed by atoms with van der Waals surface area (Å²) in [6, 6.07) is -0.642. The molecule has 2 atom stereocenters. The van der Waals surface area contributed by atoms with Crippen LogP contribution in [0.3, 0.4) is 0 Å². The summed E-state index contributed by atoms with van der Waals surface area (Å²) >= 11 is 0. The van der Waals surface area contributed by atoms with Gasteiger partial charge in [-0.05, 0) is 70.6 Å². The molecule has 0 saturated carbocycles. The lowest BCUT2D eigenvalue weighted by Crippen LogP contribution is -2.45. The van der Waals surface area contributed by atoms with Crippen LogP contribution >= 0.6 is 0 Å². The molecule has 0 bridgehead atoms. The van der Waals surface area contributed by atoms with Gasteiger partial charge < -0.3 is 15.5 Å². The lowest BCUT2D eigenvalue weighted by molar-refractivity contribution is -0.123. The first kappa shape index (κ1) is 80.8. The average molecular weight is 1160 g/mol. The van der Waals surface area contributed by atoms with Crippen LogP contribution in [-0.4, -0.2) is 34.9 Å². The number of aliphatic hydroxyl groups is 2. The molecule has 0 fully saturated rings. The average Bonchev–Trinajstić information content (AvgIpc) is 3.51. The van der Waals surface area contributed by atoms with Gasteiger partial charge in [-0.1, -0.05) is 401 Å². The molecule has 3 N–H and O–H groups in total. The van der Waals surface area contributed by atoms with Crippen LogP contribution in [-0.2, 0) is 4.79 Å². The van der Waals surface area contributed by atoms with Crippen molar-refractivity contribution >= 4 is 5.91 Å². The van der Waals surface area contributed by atoms with Crippen molar-refractivity contribution in [1.29, 1.82) is 0 Å². The first-order valence-corrected chi connectivity index (χ1v) is 37.7. The summed E-state index contributed by atoms with van der Waals surface area (Å²) in [7, 11) is 0. The van der Waals surface area contributed by atoms with Crippen molar-refractivity contribution in [2.45, 2.75) is 418 Å². The van der Waals surface area contributed by atoms with Gasteiger partial charge in [0.25, 0.3) is 0 Å². The first-order chi connectivity index (χ1) is 41.2. The van der Waals surface area contributed by atoms with Crippen molar-refractivity contribution in [2.75, 3.05) is 6.61 Å². The number of rotatable bonds is 70. The molecule has 4 heteroatoms. The number of aliphatic hydroxyl groups excluding tert-OH is 2. The molecule has 0 aliphatic rings. The Labute approximate surface area is 520 Å². The molecule has 0 aliphatic heterocycles. The molecule has 0 aromatic carbocycles. The van der Waals surface area contributed by atoms with E-state index in [9.17, 15) is 15.0 Å². The third-order valence-corrected chi connectivity index (χ3v) is 17.4. The minimum Gasteiger partial charge on any atom is -0.394 e. The third-order valence-electron chi connectivity index (χ3n) is 17.4. The first-order valence-electron chi connectivity index (χ1n) is 37.7. The minimum absolute atomic E-state index is 0.0663. The van der Waals surface area contributed by atoms with Crippen molar-refractivity contribution in [3.8, 4) is 0 Å². The summed E-state index contributed by atoms with van der Waals surface area (Å²) in [5.74, 6) is -0.0663. The van der Waals surface area contributed by atoms with E-state index < -0.39 is 12.1 Å². The third kappa shape index (κ3) is 70.5. The molecule has 83 heavy (non-hydrogen) atoms. The van der Waals surface area contributed by atoms with Crippen LogP contribution in [0, 0.1) is 0 Å². The molecule has 0 radical (unpaired) electrons. The van der Waals surface area contributed by atoms with Gasteiger partial charge >= 0.3 is 0 Å². The number of amides is 1. The number of nitrogens with one attached hydrogen (secondary N) is 1. The largest absolute Gasteiger partial charge is 0.394 e. The van der Waals surface area contributed by atoms with Crippen LogP contribution < -0.4 is 5.32 Å². The van der Waals surface area contributed by atoms with Crippen LogP contribution in [0.5, 0.6) is 0 Å². The highest BCUT2D eigenvalue weighted by Crippen LogP contribution is 2.19. The lowest BCUT2D eigenvalue weighted by atomic mass is 10.0. The highest BCUT2D eigenvalue weighted by molar-refractivity contribution is 5.76. The van der Waals surface area contributed by atoms with Gasteiger partial charge in [0.2, 0.25) is 5.91 Å². The highest BCUT2D eigenvalue weighted by Gasteiger charge is 2.18. The minimum atomic E-state index is -0.865. The van der Waals surface area contributed by atoms with Crippen molar-refractivity contribution in [3.63, 3.8) is 0 Å². The van der Waals surface area contributed by atoms with Gasteiger partial charge in [0, 0.05) is 6.42 Å². The summed E-state index contributed by atoms with van der Waals surface area (Å²) in [5, 5.41) is 23.3. The van der Waals surface area contributed by atoms with Gasteiger partial charge in [-0.15, -0.1) is 0 Å². The van der Waals surface area contributed by atoms with Crippen LogP contribution in [0.1, 0.15) is 406 Å². The van der Waals surface area contributed by atoms with Crippen molar-refractivity contribution in [3.05, 3.63) is 72.9 Å². The van der Waals surface area contributed by atoms with E-state index in [1.165, 1.54) is 327 Å². The Morgan fingerprint density at radius 3 is 0.843 bits per heavy atom. The van der Waals surface area contributed by atoms with Gasteiger partial charge in [-0.2, -0.15) is 0 Å². The summed E-state index contributed by atoms with van der Waals surface area (Å²) in [6.45, 7) is 4.23. The molecule has 4 nitrogen and oxygen atoms in total. The van der Waals surface area contributed by atoms with E-state index in [1.807, 2.05) is 6.08 Å². The fourth-order valence-electron chi connectivity index (χ4n) is 11.8. The Balaban J connectivity index is 3.43. The molecule has 0 aromatic heterocycles. The quantitative estimate of drug-likeness (QED) is 0.0420. The molecule has 0 rings (SSSR count). The molecule has 2 unspecified atom stereocenters. The molecular weight excluding hydrogens is 1010 g/mol. The number of hydrogen-bond acceptors (Lipinski definition) is 3. The number of carbonyl (C=O) groups is 1. The zero-order chi connectivity index (χ0) is 59.8. The molecular formula is C79H147NO3. The topological polar surface area (TPSA) is 69.6 Å². The number of unbranched alkanes of at least 4 members (excludes halogenated alkanes) is 53. The maximum absolute atomic E-state index is 12.6. The maximum atomic E-state index is 12.6. The van der Waals surface area contributed by atoms with Crippen LogP contribution in [0.15, 0.2) is 72.9 Å². The number of carbonyl (C=O) groups excluding carboxylic acids is 1. The zero-order valence-corrected chi connectivity index (χ0v) is 56.2. The van der Waals surface area contributed by atoms with Crippen molar-refractivity contribution in [1.82, 2.24) is 5.32 Å². The van der Waals surface area contributed by atoms with E-state index >= 15 is 0 Å². The molecule has 486 valence electrons. The molecule has 1 amide bonds. The van der Waals surface area contributed by atoms with E-state index in [0.717, 1.165) is 57.8 Å². The maximum Gasteiger partial charge on any atom is 0.220 e. The predicted octanol–water partition coefficient (Wildman–Crippen LogP) is 26.0. The highest BCUT2D eigenvalue weighted by atomic mass is 16.3. The second-order valence-corrected chi connectivity index (χ2v) is 25.7. The predicted molar refractivity (Wildman–Crippen MR) is 373 cm³/mol. The Hall–Kier alpha value is -2.17. The number of hydrogen-bond donors (Lipinski definition) is 3. The Kier molecular flexibility index (Phi) is 72.1. The van der Waals surface area contributed by atoms with Crippen molar-refractivity contribution < 1.29 is 15.0 Å². The molecule has 0 spiro atoms. The fraction of sp³-hybridized carbons (Fsp3) is 0.835. The molecule has 0 saturated heterocycles. The standard InChI is InChI=1S/C79H147NO3/c1-3-5-7-9-11-13-15-17-19-21-23-25-27-29-31-33-35-37-38-39-40-41-42-43-45-47-49-51-53-55-57-59-61-63-65-67-69-71-73-75-79(83)80-77(76-81)78(82)74-72-70-68-66-64-62-60-58-56-54-52-50-48-46-44-36-34-32-30-28-26-24-22-20-18-16-14-12-10-8-6-4-2/h5,7,11,13,17,19,23,25,64,66,72,74,77-78,81-82H,3-4,6,8-10,12,14-16,18,20-22,24,26-63,65,67-71,73,75-76H2,1-2H3,(H,80,83)/b7-5-,13-11-,19-17-,25-23-,66-64+,74-72+. The smallest absolute Gasteiger partial charge is 0.220 e. The Bertz CT molecular complexity index is 1410. The van der Waals surface area contributed by atoms with Gasteiger partial charge in [-0.3, -0.25) is 4.79 Å². The van der Waals surface area contributed by atoms with Gasteiger partial charge in [-0.25, -0.2) is 0 Å². The lowest BCUT2D eigenvalue weighted by Gasteiger charge is -2.19. The molecule has 0 aliphatic carbocycles. The fourth-order valence-corrected chi connectivity index (χ4v) is 11.8. The SMILES string of the molecule is CC/C=C\C/C=C\C/C=C\C/C=C\CCCCCCCCCCCCCCCCCCCCCCCCCCCCC(=O)NC(CO)C(O)/C=C/CC/C=C/CCCCCCCCCCCCCCCCCCCCCCCCCCCC. The summed E-state index contributed by atoms with van der Waals surface area (Å²) < 4.78 is 0. The monoisotopic (exact) mass is 1160 g/mol. The summed E-state index contributed by atoms with van der Waals surface area (Å²) in [4.78, 5) is 12.6. The van der Waals surface area contributed by atoms with Crippen molar-refractivity contribution in [2.24, 2.45) is 0 Å². The second kappa shape index (κ2) is 74.1. The zero-order valence-electron chi connectivity index (χ0n) is 56.2.